The van der Waals surface area contributed by atoms with Crippen molar-refractivity contribution in [2.45, 2.75) is 51.0 Å². The molecule has 0 spiro atoms. The van der Waals surface area contributed by atoms with Gasteiger partial charge in [0.25, 0.3) is 5.91 Å². The SMILES string of the molecule is O=C(NCCC1=CCCCC1)c1cnc(OC2CCOCC2)c(Cl)c1. The van der Waals surface area contributed by atoms with Crippen molar-refractivity contribution in [2.75, 3.05) is 19.8 Å². The topological polar surface area (TPSA) is 60.5 Å². The molecule has 1 aromatic rings. The highest BCUT2D eigenvalue weighted by atomic mass is 35.5. The van der Waals surface area contributed by atoms with Crippen LogP contribution >= 0.6 is 11.6 Å². The summed E-state index contributed by atoms with van der Waals surface area (Å²) in [6.07, 6.45) is 11.3. The van der Waals surface area contributed by atoms with Crippen LogP contribution < -0.4 is 10.1 Å². The Morgan fingerprint density at radius 3 is 2.92 bits per heavy atom. The number of amides is 1. The molecule has 0 bridgehead atoms. The maximum atomic E-state index is 12.3. The number of halogens is 1. The van der Waals surface area contributed by atoms with E-state index in [1.807, 2.05) is 0 Å². The molecule has 2 aliphatic rings. The summed E-state index contributed by atoms with van der Waals surface area (Å²) in [4.78, 5) is 16.5. The molecule has 3 rings (SSSR count). The summed E-state index contributed by atoms with van der Waals surface area (Å²) >= 11 is 6.24. The number of nitrogens with one attached hydrogen (secondary N) is 1. The lowest BCUT2D eigenvalue weighted by molar-refractivity contribution is 0.0238. The van der Waals surface area contributed by atoms with Crippen molar-refractivity contribution in [1.29, 1.82) is 0 Å². The van der Waals surface area contributed by atoms with Gasteiger partial charge in [-0.2, -0.15) is 0 Å². The number of carbonyl (C=O) groups excluding carboxylic acids is 1. The highest BCUT2D eigenvalue weighted by Crippen LogP contribution is 2.25. The molecule has 1 fully saturated rings. The minimum atomic E-state index is -0.150. The van der Waals surface area contributed by atoms with Gasteiger partial charge in [-0.25, -0.2) is 4.98 Å². The van der Waals surface area contributed by atoms with Crippen LogP contribution in [-0.4, -0.2) is 36.8 Å². The van der Waals surface area contributed by atoms with Crippen molar-refractivity contribution in [3.63, 3.8) is 0 Å². The Labute approximate surface area is 153 Å². The fraction of sp³-hybridized carbons (Fsp3) is 0.579. The van der Waals surface area contributed by atoms with Crippen LogP contribution in [-0.2, 0) is 4.74 Å². The van der Waals surface area contributed by atoms with Gasteiger partial charge in [0, 0.05) is 25.6 Å². The van der Waals surface area contributed by atoms with E-state index in [2.05, 4.69) is 16.4 Å². The van der Waals surface area contributed by atoms with Crippen molar-refractivity contribution < 1.29 is 14.3 Å². The van der Waals surface area contributed by atoms with E-state index in [-0.39, 0.29) is 12.0 Å². The zero-order valence-electron chi connectivity index (χ0n) is 14.4. The number of hydrogen-bond donors (Lipinski definition) is 1. The minimum absolute atomic E-state index is 0.0715. The number of carbonyl (C=O) groups is 1. The summed E-state index contributed by atoms with van der Waals surface area (Å²) in [5.41, 5.74) is 1.91. The van der Waals surface area contributed by atoms with Crippen molar-refractivity contribution in [3.8, 4) is 5.88 Å². The number of aromatic nitrogens is 1. The molecule has 1 aliphatic heterocycles. The fourth-order valence-corrected chi connectivity index (χ4v) is 3.37. The quantitative estimate of drug-likeness (QED) is 0.777. The number of hydrogen-bond acceptors (Lipinski definition) is 4. The summed E-state index contributed by atoms with van der Waals surface area (Å²) in [6, 6.07) is 1.62. The van der Waals surface area contributed by atoms with E-state index in [0.717, 1.165) is 32.1 Å². The normalized spacial score (nSPS) is 18.5. The molecule has 1 N–H and O–H groups in total. The third-order valence-corrected chi connectivity index (χ3v) is 4.90. The lowest BCUT2D eigenvalue weighted by Crippen LogP contribution is -2.27. The molecule has 5 nitrogen and oxygen atoms in total. The third kappa shape index (κ3) is 5.44. The maximum absolute atomic E-state index is 12.3. The van der Waals surface area contributed by atoms with Crippen molar-refractivity contribution >= 4 is 17.5 Å². The fourth-order valence-electron chi connectivity index (χ4n) is 3.16. The average molecular weight is 365 g/mol. The summed E-state index contributed by atoms with van der Waals surface area (Å²) in [7, 11) is 0. The molecule has 0 radical (unpaired) electrons. The van der Waals surface area contributed by atoms with Gasteiger partial charge in [0.15, 0.2) is 0 Å². The monoisotopic (exact) mass is 364 g/mol. The van der Waals surface area contributed by atoms with E-state index in [1.165, 1.54) is 24.6 Å². The van der Waals surface area contributed by atoms with Gasteiger partial charge in [0.2, 0.25) is 5.88 Å². The predicted octanol–water partition coefficient (Wildman–Crippen LogP) is 3.91. The lowest BCUT2D eigenvalue weighted by Gasteiger charge is -2.23. The molecule has 0 unspecified atom stereocenters. The summed E-state index contributed by atoms with van der Waals surface area (Å²) in [6.45, 7) is 2.03. The maximum Gasteiger partial charge on any atom is 0.252 e. The Hall–Kier alpha value is -1.59. The Bertz CT molecular complexity index is 627. The van der Waals surface area contributed by atoms with Gasteiger partial charge in [-0.1, -0.05) is 23.3 Å². The second-order valence-electron chi connectivity index (χ2n) is 6.55. The second kappa shape index (κ2) is 9.20. The van der Waals surface area contributed by atoms with Crippen LogP contribution in [0.2, 0.25) is 5.02 Å². The number of allylic oxidation sites excluding steroid dienone is 1. The molecule has 1 aromatic heterocycles. The first-order valence-electron chi connectivity index (χ1n) is 9.08. The van der Waals surface area contributed by atoms with E-state index in [1.54, 1.807) is 6.07 Å². The van der Waals surface area contributed by atoms with Gasteiger partial charge < -0.3 is 14.8 Å². The van der Waals surface area contributed by atoms with Crippen molar-refractivity contribution in [2.24, 2.45) is 0 Å². The lowest BCUT2D eigenvalue weighted by atomic mass is 9.97. The van der Waals surface area contributed by atoms with Gasteiger partial charge in [-0.05, 0) is 38.2 Å². The van der Waals surface area contributed by atoms with E-state index in [4.69, 9.17) is 21.1 Å². The van der Waals surface area contributed by atoms with Gasteiger partial charge in [0.05, 0.1) is 18.8 Å². The van der Waals surface area contributed by atoms with Gasteiger partial charge in [0.1, 0.15) is 11.1 Å². The number of nitrogens with zero attached hydrogens (tertiary/aromatic N) is 1. The Kier molecular flexibility index (Phi) is 6.70. The highest BCUT2D eigenvalue weighted by Gasteiger charge is 2.18. The highest BCUT2D eigenvalue weighted by molar-refractivity contribution is 6.32. The van der Waals surface area contributed by atoms with E-state index in [0.29, 0.717) is 36.2 Å². The van der Waals surface area contributed by atoms with Gasteiger partial charge in [-0.15, -0.1) is 0 Å². The average Bonchev–Trinajstić information content (AvgIpc) is 2.65. The van der Waals surface area contributed by atoms with E-state index >= 15 is 0 Å². The van der Waals surface area contributed by atoms with Crippen LogP contribution in [0.15, 0.2) is 23.9 Å². The largest absolute Gasteiger partial charge is 0.473 e. The van der Waals surface area contributed by atoms with Crippen LogP contribution in [0.3, 0.4) is 0 Å². The molecule has 2 heterocycles. The van der Waals surface area contributed by atoms with Gasteiger partial charge >= 0.3 is 0 Å². The summed E-state index contributed by atoms with van der Waals surface area (Å²) < 4.78 is 11.1. The van der Waals surface area contributed by atoms with Crippen molar-refractivity contribution in [3.05, 3.63) is 34.5 Å². The molecule has 0 aromatic carbocycles. The molecule has 0 atom stereocenters. The minimum Gasteiger partial charge on any atom is -0.473 e. The van der Waals surface area contributed by atoms with Gasteiger partial charge in [-0.3, -0.25) is 4.79 Å². The predicted molar refractivity (Wildman–Crippen MR) is 97.2 cm³/mol. The smallest absolute Gasteiger partial charge is 0.252 e. The van der Waals surface area contributed by atoms with Crippen LogP contribution in [0.4, 0.5) is 0 Å². The van der Waals surface area contributed by atoms with Crippen LogP contribution in [0.1, 0.15) is 55.3 Å². The summed E-state index contributed by atoms with van der Waals surface area (Å²) in [5.74, 6) is 0.237. The molecule has 0 saturated carbocycles. The number of ether oxygens (including phenoxy) is 2. The molecule has 1 aliphatic carbocycles. The number of rotatable bonds is 6. The molecule has 6 heteroatoms. The molecular formula is C19H25ClN2O3. The van der Waals surface area contributed by atoms with Crippen LogP contribution in [0.25, 0.3) is 0 Å². The third-order valence-electron chi connectivity index (χ3n) is 4.63. The van der Waals surface area contributed by atoms with E-state index in [9.17, 15) is 4.79 Å². The zero-order valence-corrected chi connectivity index (χ0v) is 15.2. The molecule has 1 saturated heterocycles. The van der Waals surface area contributed by atoms with Crippen LogP contribution in [0, 0.1) is 0 Å². The summed E-state index contributed by atoms with van der Waals surface area (Å²) in [5, 5.41) is 3.31. The van der Waals surface area contributed by atoms with Crippen LogP contribution in [0.5, 0.6) is 5.88 Å². The van der Waals surface area contributed by atoms with Crippen molar-refractivity contribution in [1.82, 2.24) is 10.3 Å². The molecular weight excluding hydrogens is 340 g/mol. The van der Waals surface area contributed by atoms with E-state index < -0.39 is 0 Å². The first-order chi connectivity index (χ1) is 12.2. The molecule has 1 amide bonds. The Balaban J connectivity index is 1.50. The number of pyridine rings is 1. The first-order valence-corrected chi connectivity index (χ1v) is 9.46. The Morgan fingerprint density at radius 2 is 2.20 bits per heavy atom. The standard InChI is InChI=1S/C19H25ClN2O3/c20-17-12-15(13-22-19(17)25-16-7-10-24-11-8-16)18(23)21-9-6-14-4-2-1-3-5-14/h4,12-13,16H,1-3,5-11H2,(H,21,23). The Morgan fingerprint density at radius 1 is 1.36 bits per heavy atom. The molecule has 136 valence electrons. The molecule has 25 heavy (non-hydrogen) atoms. The zero-order chi connectivity index (χ0) is 17.5. The first kappa shape index (κ1) is 18.2. The second-order valence-corrected chi connectivity index (χ2v) is 6.96.